The van der Waals surface area contributed by atoms with E-state index in [4.69, 9.17) is 10.5 Å². The highest BCUT2D eigenvalue weighted by atomic mass is 16.5. The number of esters is 1. The number of aliphatic hydroxyl groups is 1. The molecule has 4 nitrogen and oxygen atoms in total. The number of aliphatic hydroxyl groups excluding tert-OH is 1. The van der Waals surface area contributed by atoms with Crippen molar-refractivity contribution in [1.82, 2.24) is 0 Å². The maximum atomic E-state index is 11.8. The smallest absolute Gasteiger partial charge is 0.310 e. The first-order valence-corrected chi connectivity index (χ1v) is 7.86. The summed E-state index contributed by atoms with van der Waals surface area (Å²) in [5.74, 6) is -0.273. The third-order valence-corrected chi connectivity index (χ3v) is 3.68. The Bertz CT molecular complexity index is 637. The first-order valence-electron chi connectivity index (χ1n) is 7.86. The van der Waals surface area contributed by atoms with E-state index in [1.165, 1.54) is 0 Å². The van der Waals surface area contributed by atoms with Crippen LogP contribution in [0.15, 0.2) is 48.5 Å². The summed E-state index contributed by atoms with van der Waals surface area (Å²) in [4.78, 5) is 11.8. The Hall–Kier alpha value is -2.17. The first-order chi connectivity index (χ1) is 11.2. The van der Waals surface area contributed by atoms with Gasteiger partial charge in [0.15, 0.2) is 0 Å². The van der Waals surface area contributed by atoms with Crippen LogP contribution in [0, 0.1) is 0 Å². The molecule has 1 atom stereocenters. The number of ether oxygens (including phenoxy) is 1. The molecule has 0 spiro atoms. The fourth-order valence-electron chi connectivity index (χ4n) is 2.40. The van der Waals surface area contributed by atoms with Gasteiger partial charge in [-0.3, -0.25) is 4.79 Å². The van der Waals surface area contributed by atoms with Crippen molar-refractivity contribution in [3.63, 3.8) is 0 Å². The molecule has 0 aliphatic carbocycles. The molecule has 0 fully saturated rings. The van der Waals surface area contributed by atoms with Crippen LogP contribution in [-0.2, 0) is 22.5 Å². The zero-order valence-electron chi connectivity index (χ0n) is 13.4. The minimum atomic E-state index is -0.781. The summed E-state index contributed by atoms with van der Waals surface area (Å²) in [6.45, 7) is 2.84. The molecule has 0 saturated carbocycles. The lowest BCUT2D eigenvalue weighted by Gasteiger charge is -2.16. The number of carbonyl (C=O) groups is 1. The second-order valence-corrected chi connectivity index (χ2v) is 5.44. The second-order valence-electron chi connectivity index (χ2n) is 5.44. The topological polar surface area (TPSA) is 72.5 Å². The molecule has 0 heterocycles. The third kappa shape index (κ3) is 4.65. The number of benzene rings is 2. The van der Waals surface area contributed by atoms with Crippen LogP contribution >= 0.6 is 0 Å². The molecule has 0 amide bonds. The van der Waals surface area contributed by atoms with Crippen molar-refractivity contribution < 1.29 is 14.6 Å². The largest absolute Gasteiger partial charge is 0.465 e. The SMILES string of the molecule is CCCOC(=O)Cc1ccccc1C(O)c1ccc(CN)cc1. The van der Waals surface area contributed by atoms with Crippen molar-refractivity contribution in [2.75, 3.05) is 6.61 Å². The van der Waals surface area contributed by atoms with Crippen molar-refractivity contribution in [2.45, 2.75) is 32.4 Å². The van der Waals surface area contributed by atoms with E-state index >= 15 is 0 Å². The summed E-state index contributed by atoms with van der Waals surface area (Å²) in [6, 6.07) is 14.9. The molecule has 0 radical (unpaired) electrons. The predicted octanol–water partition coefficient (Wildman–Crippen LogP) is 2.72. The fraction of sp³-hybridized carbons (Fsp3) is 0.316. The number of rotatable bonds is 7. The molecule has 23 heavy (non-hydrogen) atoms. The number of hydrogen-bond donors (Lipinski definition) is 2. The third-order valence-electron chi connectivity index (χ3n) is 3.68. The summed E-state index contributed by atoms with van der Waals surface area (Å²) in [5.41, 5.74) is 8.88. The van der Waals surface area contributed by atoms with E-state index < -0.39 is 6.10 Å². The molecule has 2 aromatic rings. The second kappa shape index (κ2) is 8.46. The van der Waals surface area contributed by atoms with Crippen LogP contribution in [0.2, 0.25) is 0 Å². The molecule has 1 unspecified atom stereocenters. The van der Waals surface area contributed by atoms with Gasteiger partial charge in [0, 0.05) is 6.54 Å². The maximum absolute atomic E-state index is 11.8. The highest BCUT2D eigenvalue weighted by molar-refractivity contribution is 5.73. The molecule has 4 heteroatoms. The van der Waals surface area contributed by atoms with E-state index in [-0.39, 0.29) is 12.4 Å². The minimum Gasteiger partial charge on any atom is -0.465 e. The molecule has 3 N–H and O–H groups in total. The molecular weight excluding hydrogens is 290 g/mol. The van der Waals surface area contributed by atoms with Gasteiger partial charge in [-0.25, -0.2) is 0 Å². The van der Waals surface area contributed by atoms with Crippen molar-refractivity contribution in [1.29, 1.82) is 0 Å². The minimum absolute atomic E-state index is 0.161. The van der Waals surface area contributed by atoms with Crippen LogP contribution in [0.3, 0.4) is 0 Å². The zero-order chi connectivity index (χ0) is 16.7. The number of nitrogens with two attached hydrogens (primary N) is 1. The summed E-state index contributed by atoms with van der Waals surface area (Å²) in [5, 5.41) is 10.6. The Morgan fingerprint density at radius 1 is 1.17 bits per heavy atom. The lowest BCUT2D eigenvalue weighted by Crippen LogP contribution is -2.12. The Morgan fingerprint density at radius 2 is 1.87 bits per heavy atom. The fourth-order valence-corrected chi connectivity index (χ4v) is 2.40. The number of carbonyl (C=O) groups excluding carboxylic acids is 1. The van der Waals surface area contributed by atoms with Gasteiger partial charge in [-0.2, -0.15) is 0 Å². The van der Waals surface area contributed by atoms with Gasteiger partial charge in [0.25, 0.3) is 0 Å². The van der Waals surface area contributed by atoms with Gasteiger partial charge in [-0.15, -0.1) is 0 Å². The Kier molecular flexibility index (Phi) is 6.32. The summed E-state index contributed by atoms with van der Waals surface area (Å²) in [6.07, 6.45) is 0.175. The normalized spacial score (nSPS) is 12.0. The monoisotopic (exact) mass is 313 g/mol. The van der Waals surface area contributed by atoms with Gasteiger partial charge in [0.2, 0.25) is 0 Å². The van der Waals surface area contributed by atoms with Crippen molar-refractivity contribution in [3.8, 4) is 0 Å². The van der Waals surface area contributed by atoms with Crippen LogP contribution in [0.1, 0.15) is 41.7 Å². The van der Waals surface area contributed by atoms with Gasteiger partial charge in [-0.1, -0.05) is 55.5 Å². The Labute approximate surface area is 136 Å². The lowest BCUT2D eigenvalue weighted by molar-refractivity contribution is -0.142. The molecule has 0 aromatic heterocycles. The van der Waals surface area contributed by atoms with Gasteiger partial charge >= 0.3 is 5.97 Å². The molecule has 2 aromatic carbocycles. The first kappa shape index (κ1) is 17.2. The van der Waals surface area contributed by atoms with Crippen LogP contribution < -0.4 is 5.73 Å². The van der Waals surface area contributed by atoms with E-state index in [1.54, 1.807) is 0 Å². The van der Waals surface area contributed by atoms with Gasteiger partial charge in [0.1, 0.15) is 6.10 Å². The van der Waals surface area contributed by atoms with E-state index in [0.717, 1.165) is 28.7 Å². The van der Waals surface area contributed by atoms with Gasteiger partial charge in [-0.05, 0) is 28.7 Å². The highest BCUT2D eigenvalue weighted by Crippen LogP contribution is 2.25. The molecule has 122 valence electrons. The molecule has 0 aliphatic heterocycles. The van der Waals surface area contributed by atoms with E-state index in [1.807, 2.05) is 55.5 Å². The van der Waals surface area contributed by atoms with E-state index in [9.17, 15) is 9.90 Å². The quantitative estimate of drug-likeness (QED) is 0.771. The summed E-state index contributed by atoms with van der Waals surface area (Å²) >= 11 is 0. The summed E-state index contributed by atoms with van der Waals surface area (Å²) in [7, 11) is 0. The highest BCUT2D eigenvalue weighted by Gasteiger charge is 2.16. The maximum Gasteiger partial charge on any atom is 0.310 e. The molecular formula is C19H23NO3. The predicted molar refractivity (Wildman–Crippen MR) is 89.8 cm³/mol. The van der Waals surface area contributed by atoms with Crippen molar-refractivity contribution >= 4 is 5.97 Å². The number of hydrogen-bond acceptors (Lipinski definition) is 4. The van der Waals surface area contributed by atoms with Gasteiger partial charge < -0.3 is 15.6 Å². The van der Waals surface area contributed by atoms with Crippen LogP contribution in [0.4, 0.5) is 0 Å². The average molecular weight is 313 g/mol. The molecule has 2 rings (SSSR count). The Balaban J connectivity index is 2.19. The van der Waals surface area contributed by atoms with Crippen LogP contribution in [-0.4, -0.2) is 17.7 Å². The average Bonchev–Trinajstić information content (AvgIpc) is 2.60. The molecule has 0 bridgehead atoms. The molecule has 0 saturated heterocycles. The zero-order valence-corrected chi connectivity index (χ0v) is 13.4. The molecule has 0 aliphatic rings. The van der Waals surface area contributed by atoms with E-state index in [0.29, 0.717) is 13.2 Å². The van der Waals surface area contributed by atoms with Crippen LogP contribution in [0.25, 0.3) is 0 Å². The van der Waals surface area contributed by atoms with Crippen molar-refractivity contribution in [2.24, 2.45) is 5.73 Å². The van der Waals surface area contributed by atoms with Crippen LogP contribution in [0.5, 0.6) is 0 Å². The lowest BCUT2D eigenvalue weighted by atomic mass is 9.95. The standard InChI is InChI=1S/C19H23NO3/c1-2-11-23-18(21)12-16-5-3-4-6-17(16)19(22)15-9-7-14(13-20)8-10-15/h3-10,19,22H,2,11-13,20H2,1H3. The van der Waals surface area contributed by atoms with Crippen molar-refractivity contribution in [3.05, 3.63) is 70.8 Å². The Morgan fingerprint density at radius 3 is 2.52 bits per heavy atom. The van der Waals surface area contributed by atoms with E-state index in [2.05, 4.69) is 0 Å². The summed E-state index contributed by atoms with van der Waals surface area (Å²) < 4.78 is 5.13. The van der Waals surface area contributed by atoms with Gasteiger partial charge in [0.05, 0.1) is 13.0 Å².